The van der Waals surface area contributed by atoms with Crippen molar-refractivity contribution in [3.05, 3.63) is 33.9 Å². The van der Waals surface area contributed by atoms with Crippen LogP contribution in [0.5, 0.6) is 0 Å². The molecule has 1 aromatic rings. The minimum absolute atomic E-state index is 0.114. The van der Waals surface area contributed by atoms with Crippen molar-refractivity contribution in [3.8, 4) is 0 Å². The lowest BCUT2D eigenvalue weighted by atomic mass is 9.90. The van der Waals surface area contributed by atoms with E-state index in [0.717, 1.165) is 29.5 Å². The van der Waals surface area contributed by atoms with Gasteiger partial charge in [0.2, 0.25) is 0 Å². The van der Waals surface area contributed by atoms with Crippen LogP contribution in [-0.2, 0) is 13.0 Å². The standard InChI is InChI=1S/C17H26O3/c1-4-5-6-7-8-9-14-10-12(2)16(17(19)20)13(3)15(14)11-18/h10,18H,4-9,11H2,1-3H3,(H,19,20)/p-1. The van der Waals surface area contributed by atoms with Crippen LogP contribution in [0, 0.1) is 13.8 Å². The molecule has 0 aliphatic carbocycles. The quantitative estimate of drug-likeness (QED) is 0.743. The lowest BCUT2D eigenvalue weighted by Gasteiger charge is -2.18. The van der Waals surface area contributed by atoms with Crippen molar-refractivity contribution < 1.29 is 15.0 Å². The number of hydrogen-bond acceptors (Lipinski definition) is 3. The third-order valence-corrected chi connectivity index (χ3v) is 3.91. The average Bonchev–Trinajstić information content (AvgIpc) is 2.37. The average molecular weight is 277 g/mol. The summed E-state index contributed by atoms with van der Waals surface area (Å²) in [4.78, 5) is 11.2. The second-order valence-corrected chi connectivity index (χ2v) is 5.44. The Morgan fingerprint density at radius 3 is 2.40 bits per heavy atom. The first-order valence-electron chi connectivity index (χ1n) is 7.47. The fraction of sp³-hybridized carbons (Fsp3) is 0.588. The SMILES string of the molecule is CCCCCCCc1cc(C)c(C(=O)[O-])c(C)c1CO. The third-order valence-electron chi connectivity index (χ3n) is 3.91. The van der Waals surface area contributed by atoms with E-state index in [1.807, 2.05) is 6.07 Å². The van der Waals surface area contributed by atoms with Gasteiger partial charge >= 0.3 is 0 Å². The van der Waals surface area contributed by atoms with Gasteiger partial charge in [0.1, 0.15) is 0 Å². The Morgan fingerprint density at radius 2 is 1.85 bits per heavy atom. The summed E-state index contributed by atoms with van der Waals surface area (Å²) < 4.78 is 0. The number of unbranched alkanes of at least 4 members (excludes halogenated alkanes) is 4. The Morgan fingerprint density at radius 1 is 1.20 bits per heavy atom. The molecule has 0 radical (unpaired) electrons. The molecule has 0 spiro atoms. The topological polar surface area (TPSA) is 60.4 Å². The van der Waals surface area contributed by atoms with E-state index in [-0.39, 0.29) is 12.2 Å². The van der Waals surface area contributed by atoms with Gasteiger partial charge in [-0.1, -0.05) is 38.7 Å². The van der Waals surface area contributed by atoms with E-state index < -0.39 is 5.97 Å². The molecule has 0 bridgehead atoms. The maximum absolute atomic E-state index is 11.2. The highest BCUT2D eigenvalue weighted by Gasteiger charge is 2.13. The van der Waals surface area contributed by atoms with Gasteiger partial charge in [0.25, 0.3) is 0 Å². The van der Waals surface area contributed by atoms with Crippen LogP contribution >= 0.6 is 0 Å². The van der Waals surface area contributed by atoms with Gasteiger partial charge in [0, 0.05) is 5.56 Å². The molecule has 20 heavy (non-hydrogen) atoms. The molecule has 1 aromatic carbocycles. The Hall–Kier alpha value is -1.35. The number of aliphatic hydroxyl groups excluding tert-OH is 1. The van der Waals surface area contributed by atoms with E-state index >= 15 is 0 Å². The molecule has 112 valence electrons. The number of carboxylic acids is 1. The van der Waals surface area contributed by atoms with Crippen LogP contribution in [0.4, 0.5) is 0 Å². The van der Waals surface area contributed by atoms with Gasteiger partial charge in [-0.2, -0.15) is 0 Å². The minimum atomic E-state index is -1.16. The molecule has 1 rings (SSSR count). The molecule has 0 unspecified atom stereocenters. The number of aryl methyl sites for hydroxylation is 2. The Kier molecular flexibility index (Phi) is 6.73. The second-order valence-electron chi connectivity index (χ2n) is 5.44. The monoisotopic (exact) mass is 277 g/mol. The van der Waals surface area contributed by atoms with Crippen molar-refractivity contribution in [3.63, 3.8) is 0 Å². The zero-order valence-corrected chi connectivity index (χ0v) is 12.8. The number of hydrogen-bond donors (Lipinski definition) is 1. The summed E-state index contributed by atoms with van der Waals surface area (Å²) >= 11 is 0. The van der Waals surface area contributed by atoms with Gasteiger partial charge in [-0.15, -0.1) is 0 Å². The highest BCUT2D eigenvalue weighted by atomic mass is 16.4. The maximum atomic E-state index is 11.2. The van der Waals surface area contributed by atoms with Crippen LogP contribution < -0.4 is 5.11 Å². The molecule has 0 saturated carbocycles. The Balaban J connectivity index is 2.89. The van der Waals surface area contributed by atoms with Crippen molar-refractivity contribution in [1.82, 2.24) is 0 Å². The molecular formula is C17H25O3-. The zero-order valence-electron chi connectivity index (χ0n) is 12.8. The number of aliphatic hydroxyl groups is 1. The normalized spacial score (nSPS) is 10.8. The summed E-state index contributed by atoms with van der Waals surface area (Å²) in [5.41, 5.74) is 3.43. The van der Waals surface area contributed by atoms with Crippen LogP contribution in [0.15, 0.2) is 6.07 Å². The molecule has 1 N–H and O–H groups in total. The molecule has 0 heterocycles. The number of rotatable bonds is 8. The molecule has 0 aliphatic heterocycles. The van der Waals surface area contributed by atoms with E-state index in [0.29, 0.717) is 5.56 Å². The highest BCUT2D eigenvalue weighted by molar-refractivity contribution is 5.90. The predicted molar refractivity (Wildman–Crippen MR) is 78.6 cm³/mol. The van der Waals surface area contributed by atoms with Crippen molar-refractivity contribution in [2.45, 2.75) is 65.9 Å². The molecule has 0 atom stereocenters. The first kappa shape index (κ1) is 16.7. The number of aromatic carboxylic acids is 1. The number of benzene rings is 1. The fourth-order valence-electron chi connectivity index (χ4n) is 2.78. The van der Waals surface area contributed by atoms with Gasteiger partial charge < -0.3 is 15.0 Å². The largest absolute Gasteiger partial charge is 0.545 e. The van der Waals surface area contributed by atoms with Gasteiger partial charge in [-0.05, 0) is 48.9 Å². The van der Waals surface area contributed by atoms with Crippen molar-refractivity contribution >= 4 is 5.97 Å². The second kappa shape index (κ2) is 8.05. The summed E-state index contributed by atoms with van der Waals surface area (Å²) in [6.07, 6.45) is 6.87. The lowest BCUT2D eigenvalue weighted by molar-refractivity contribution is -0.255. The van der Waals surface area contributed by atoms with Gasteiger partial charge in [0.05, 0.1) is 12.6 Å². The van der Waals surface area contributed by atoms with E-state index in [4.69, 9.17) is 0 Å². The van der Waals surface area contributed by atoms with Gasteiger partial charge in [0.15, 0.2) is 0 Å². The van der Waals surface area contributed by atoms with E-state index in [1.54, 1.807) is 13.8 Å². The predicted octanol–water partition coefficient (Wildman–Crippen LogP) is 2.67. The fourth-order valence-corrected chi connectivity index (χ4v) is 2.78. The highest BCUT2D eigenvalue weighted by Crippen LogP contribution is 2.24. The number of carbonyl (C=O) groups excluding carboxylic acids is 1. The third kappa shape index (κ3) is 4.07. The summed E-state index contributed by atoms with van der Waals surface area (Å²) in [5, 5.41) is 20.7. The molecule has 0 aliphatic rings. The zero-order chi connectivity index (χ0) is 15.1. The van der Waals surface area contributed by atoms with Crippen LogP contribution in [0.25, 0.3) is 0 Å². The van der Waals surface area contributed by atoms with Crippen molar-refractivity contribution in [2.24, 2.45) is 0 Å². The van der Waals surface area contributed by atoms with Gasteiger partial charge in [-0.25, -0.2) is 0 Å². The van der Waals surface area contributed by atoms with Crippen LogP contribution in [-0.4, -0.2) is 11.1 Å². The first-order valence-corrected chi connectivity index (χ1v) is 7.47. The summed E-state index contributed by atoms with van der Waals surface area (Å²) in [6, 6.07) is 1.89. The summed E-state index contributed by atoms with van der Waals surface area (Å²) in [7, 11) is 0. The van der Waals surface area contributed by atoms with Crippen LogP contribution in [0.1, 0.15) is 71.6 Å². The van der Waals surface area contributed by atoms with E-state index in [1.165, 1.54) is 25.7 Å². The molecule has 0 saturated heterocycles. The molecule has 0 fully saturated rings. The van der Waals surface area contributed by atoms with Crippen LogP contribution in [0.2, 0.25) is 0 Å². The summed E-state index contributed by atoms with van der Waals surface area (Å²) in [5.74, 6) is -1.16. The molecular weight excluding hydrogens is 252 g/mol. The molecule has 0 amide bonds. The Bertz CT molecular complexity index is 464. The number of carbonyl (C=O) groups is 1. The van der Waals surface area contributed by atoms with Crippen molar-refractivity contribution in [2.75, 3.05) is 0 Å². The smallest absolute Gasteiger partial charge is 0.0720 e. The van der Waals surface area contributed by atoms with E-state index in [2.05, 4.69) is 6.92 Å². The Labute approximate surface area is 121 Å². The van der Waals surface area contributed by atoms with E-state index in [9.17, 15) is 15.0 Å². The number of carboxylic acid groups (broad SMARTS) is 1. The van der Waals surface area contributed by atoms with Crippen LogP contribution in [0.3, 0.4) is 0 Å². The van der Waals surface area contributed by atoms with Gasteiger partial charge in [-0.3, -0.25) is 0 Å². The molecule has 3 nitrogen and oxygen atoms in total. The molecule has 3 heteroatoms. The molecule has 0 aromatic heterocycles. The summed E-state index contributed by atoms with van der Waals surface area (Å²) in [6.45, 7) is 5.62. The maximum Gasteiger partial charge on any atom is 0.0720 e. The minimum Gasteiger partial charge on any atom is -0.545 e. The first-order chi connectivity index (χ1) is 9.52. The van der Waals surface area contributed by atoms with Crippen molar-refractivity contribution in [1.29, 1.82) is 0 Å². The lowest BCUT2D eigenvalue weighted by Crippen LogP contribution is -2.25.